The van der Waals surface area contributed by atoms with E-state index in [0.29, 0.717) is 34.2 Å². The third-order valence-electron chi connectivity index (χ3n) is 6.58. The zero-order valence-electron chi connectivity index (χ0n) is 21.4. The number of hydrogen-bond acceptors (Lipinski definition) is 8. The molecule has 1 aromatic heterocycles. The van der Waals surface area contributed by atoms with Crippen molar-refractivity contribution in [1.82, 2.24) is 4.90 Å². The molecule has 0 aliphatic carbocycles. The van der Waals surface area contributed by atoms with Gasteiger partial charge in [-0.15, -0.1) is 12.4 Å². The number of nitrogens with zero attached hydrogens (tertiary/aromatic N) is 2. The molecule has 0 spiro atoms. The molecule has 1 aliphatic rings. The second-order valence-electron chi connectivity index (χ2n) is 9.06. The molecule has 8 nitrogen and oxygen atoms in total. The maximum absolute atomic E-state index is 13.0. The topological polar surface area (TPSA) is 81.5 Å². The Morgan fingerprint density at radius 1 is 0.921 bits per heavy atom. The van der Waals surface area contributed by atoms with Gasteiger partial charge in [-0.05, 0) is 36.4 Å². The highest BCUT2D eigenvalue weighted by Gasteiger charge is 2.24. The van der Waals surface area contributed by atoms with Crippen molar-refractivity contribution >= 4 is 46.0 Å². The van der Waals surface area contributed by atoms with Gasteiger partial charge in [0.25, 0.3) is 0 Å². The molecule has 1 aliphatic heterocycles. The first-order valence-electron chi connectivity index (χ1n) is 12.4. The fourth-order valence-electron chi connectivity index (χ4n) is 4.80. The zero-order valence-corrected chi connectivity index (χ0v) is 22.2. The van der Waals surface area contributed by atoms with Gasteiger partial charge < -0.3 is 23.5 Å². The number of carbonyl (C=O) groups excluding carboxylic acids is 1. The van der Waals surface area contributed by atoms with Gasteiger partial charge in [0, 0.05) is 39.6 Å². The van der Waals surface area contributed by atoms with Crippen molar-refractivity contribution in [3.63, 3.8) is 0 Å². The van der Waals surface area contributed by atoms with Crippen LogP contribution in [0, 0.1) is 0 Å². The van der Waals surface area contributed by atoms with Gasteiger partial charge in [0.2, 0.25) is 5.43 Å². The first-order valence-corrected chi connectivity index (χ1v) is 12.4. The van der Waals surface area contributed by atoms with Gasteiger partial charge in [-0.2, -0.15) is 0 Å². The lowest BCUT2D eigenvalue weighted by atomic mass is 10.1. The third-order valence-corrected chi connectivity index (χ3v) is 6.58. The maximum Gasteiger partial charge on any atom is 0.303 e. The molecular formula is C29H31ClN2O6. The molecule has 0 radical (unpaired) electrons. The fraction of sp³-hybridized carbons (Fsp3) is 0.310. The van der Waals surface area contributed by atoms with Crippen LogP contribution in [0.5, 0.6) is 11.5 Å². The number of esters is 1. The van der Waals surface area contributed by atoms with Crippen LogP contribution in [0.2, 0.25) is 0 Å². The Morgan fingerprint density at radius 2 is 1.61 bits per heavy atom. The molecule has 3 aromatic carbocycles. The van der Waals surface area contributed by atoms with Crippen LogP contribution in [0.1, 0.15) is 6.92 Å². The van der Waals surface area contributed by atoms with Crippen LogP contribution in [-0.4, -0.2) is 63.4 Å². The van der Waals surface area contributed by atoms with Gasteiger partial charge in [-0.3, -0.25) is 14.5 Å². The van der Waals surface area contributed by atoms with Crippen molar-refractivity contribution in [2.24, 2.45) is 0 Å². The second-order valence-corrected chi connectivity index (χ2v) is 9.06. The van der Waals surface area contributed by atoms with Crippen LogP contribution in [0.4, 0.5) is 5.69 Å². The van der Waals surface area contributed by atoms with E-state index in [4.69, 9.17) is 18.6 Å². The van der Waals surface area contributed by atoms with E-state index in [1.54, 1.807) is 37.4 Å². The first kappa shape index (κ1) is 27.3. The Morgan fingerprint density at radius 3 is 2.37 bits per heavy atom. The Balaban J connectivity index is 0.00000336. The molecule has 2 heterocycles. The number of benzene rings is 3. The number of hydrogen-bond donors (Lipinski definition) is 0. The minimum atomic E-state index is -0.474. The van der Waals surface area contributed by atoms with E-state index in [0.717, 1.165) is 37.6 Å². The quantitative estimate of drug-likeness (QED) is 0.239. The summed E-state index contributed by atoms with van der Waals surface area (Å²) >= 11 is 0. The summed E-state index contributed by atoms with van der Waals surface area (Å²) in [4.78, 5) is 29.4. The predicted octanol–water partition coefficient (Wildman–Crippen LogP) is 4.51. The number of ether oxygens (including phenoxy) is 3. The molecule has 4 aromatic rings. The van der Waals surface area contributed by atoms with E-state index in [1.807, 2.05) is 30.3 Å². The summed E-state index contributed by atoms with van der Waals surface area (Å²) in [5.41, 5.74) is 1.86. The number of piperazine rings is 1. The van der Waals surface area contributed by atoms with Gasteiger partial charge in [-0.25, -0.2) is 0 Å². The number of halogens is 1. The molecule has 1 saturated heterocycles. The average Bonchev–Trinajstić information content (AvgIpc) is 2.92. The van der Waals surface area contributed by atoms with E-state index in [9.17, 15) is 9.59 Å². The number of methoxy groups -OCH3 is 1. The molecule has 1 unspecified atom stereocenters. The van der Waals surface area contributed by atoms with Crippen molar-refractivity contribution in [3.05, 3.63) is 77.0 Å². The zero-order chi connectivity index (χ0) is 25.8. The standard InChI is InChI=1S/C29H30N2O6.ClH/c1-20(32)36-21(18-30-14-16-31(17-15-30)24-10-4-6-12-26(24)34-2)19-35-27-13-7-9-23-28(33)22-8-3-5-11-25(22)37-29(23)27;/h3-13,21H,14-19H2,1-2H3;1H. The highest BCUT2D eigenvalue weighted by Crippen LogP contribution is 2.29. The van der Waals surface area contributed by atoms with Gasteiger partial charge in [-0.1, -0.05) is 30.3 Å². The molecule has 1 atom stereocenters. The number of rotatable bonds is 8. The van der Waals surface area contributed by atoms with Crippen LogP contribution >= 0.6 is 12.4 Å². The molecule has 0 saturated carbocycles. The molecule has 200 valence electrons. The summed E-state index contributed by atoms with van der Waals surface area (Å²) in [5.74, 6) is 0.937. The van der Waals surface area contributed by atoms with Crippen LogP contribution in [0.15, 0.2) is 75.9 Å². The summed E-state index contributed by atoms with van der Waals surface area (Å²) < 4.78 is 23.2. The Labute approximate surface area is 227 Å². The smallest absolute Gasteiger partial charge is 0.303 e. The Bertz CT molecular complexity index is 1460. The molecule has 5 rings (SSSR count). The lowest BCUT2D eigenvalue weighted by Gasteiger charge is -2.37. The average molecular weight is 539 g/mol. The summed E-state index contributed by atoms with van der Waals surface area (Å²) in [6.07, 6.45) is -0.474. The van der Waals surface area contributed by atoms with E-state index in [1.165, 1.54) is 6.92 Å². The van der Waals surface area contributed by atoms with Crippen LogP contribution in [0.3, 0.4) is 0 Å². The van der Waals surface area contributed by atoms with Crippen molar-refractivity contribution in [1.29, 1.82) is 0 Å². The summed E-state index contributed by atoms with van der Waals surface area (Å²) in [7, 11) is 1.68. The van der Waals surface area contributed by atoms with Gasteiger partial charge in [0.1, 0.15) is 24.0 Å². The highest BCUT2D eigenvalue weighted by atomic mass is 35.5. The Hall–Kier alpha value is -3.75. The predicted molar refractivity (Wildman–Crippen MR) is 150 cm³/mol. The van der Waals surface area contributed by atoms with Crippen molar-refractivity contribution in [3.8, 4) is 11.5 Å². The third kappa shape index (κ3) is 5.87. The minimum absolute atomic E-state index is 0. The van der Waals surface area contributed by atoms with E-state index < -0.39 is 6.10 Å². The summed E-state index contributed by atoms with van der Waals surface area (Å²) in [6, 6.07) is 20.4. The second kappa shape index (κ2) is 12.2. The largest absolute Gasteiger partial charge is 0.495 e. The molecule has 9 heteroatoms. The molecule has 0 N–H and O–H groups in total. The summed E-state index contributed by atoms with van der Waals surface area (Å²) in [5, 5.41) is 0.977. The van der Waals surface area contributed by atoms with Gasteiger partial charge in [0.05, 0.1) is 23.6 Å². The normalized spacial score (nSPS) is 14.6. The van der Waals surface area contributed by atoms with Crippen LogP contribution in [-0.2, 0) is 9.53 Å². The van der Waals surface area contributed by atoms with Crippen molar-refractivity contribution in [2.45, 2.75) is 13.0 Å². The van der Waals surface area contributed by atoms with E-state index in [2.05, 4.69) is 15.9 Å². The number of para-hydroxylation sites is 4. The fourth-order valence-corrected chi connectivity index (χ4v) is 4.80. The molecule has 0 amide bonds. The van der Waals surface area contributed by atoms with Crippen LogP contribution in [0.25, 0.3) is 21.9 Å². The summed E-state index contributed by atoms with van der Waals surface area (Å²) in [6.45, 7) is 5.36. The SMILES string of the molecule is COc1ccccc1N1CCN(CC(COc2cccc3c(=O)c4ccccc4oc23)OC(C)=O)CC1.Cl. The molecular weight excluding hydrogens is 508 g/mol. The van der Waals surface area contributed by atoms with Gasteiger partial charge >= 0.3 is 5.97 Å². The highest BCUT2D eigenvalue weighted by molar-refractivity contribution is 5.92. The van der Waals surface area contributed by atoms with Crippen LogP contribution < -0.4 is 19.8 Å². The molecule has 0 bridgehead atoms. The number of carbonyl (C=O) groups is 1. The van der Waals surface area contributed by atoms with E-state index in [-0.39, 0.29) is 30.4 Å². The molecule has 38 heavy (non-hydrogen) atoms. The van der Waals surface area contributed by atoms with Crippen molar-refractivity contribution in [2.75, 3.05) is 51.3 Å². The Kier molecular flexibility index (Phi) is 8.76. The van der Waals surface area contributed by atoms with Gasteiger partial charge in [0.15, 0.2) is 11.3 Å². The lowest BCUT2D eigenvalue weighted by Crippen LogP contribution is -2.50. The van der Waals surface area contributed by atoms with E-state index >= 15 is 0 Å². The van der Waals surface area contributed by atoms with Crippen molar-refractivity contribution < 1.29 is 23.4 Å². The lowest BCUT2D eigenvalue weighted by molar-refractivity contribution is -0.148. The monoisotopic (exact) mass is 538 g/mol. The maximum atomic E-state index is 13.0. The molecule has 1 fully saturated rings. The number of anilines is 1. The number of fused-ring (bicyclic) bond motifs is 2. The minimum Gasteiger partial charge on any atom is -0.495 e. The first-order chi connectivity index (χ1) is 18.0.